The maximum atomic E-state index is 12.1. The zero-order valence-electron chi connectivity index (χ0n) is 53.8. The van der Waals surface area contributed by atoms with Gasteiger partial charge in [0.2, 0.25) is 0 Å². The molecule has 0 aliphatic heterocycles. The van der Waals surface area contributed by atoms with E-state index in [1.54, 1.807) is 13.8 Å². The van der Waals surface area contributed by atoms with Crippen molar-refractivity contribution in [1.29, 1.82) is 0 Å². The average Bonchev–Trinajstić information content (AvgIpc) is 3.49. The molecule has 0 aromatic heterocycles. The van der Waals surface area contributed by atoms with E-state index >= 15 is 0 Å². The van der Waals surface area contributed by atoms with Crippen molar-refractivity contribution in [3.63, 3.8) is 0 Å². The van der Waals surface area contributed by atoms with E-state index in [1.165, 1.54) is 0 Å². The fourth-order valence-electron chi connectivity index (χ4n) is 8.33. The van der Waals surface area contributed by atoms with Gasteiger partial charge in [-0.05, 0) is 206 Å². The zero-order chi connectivity index (χ0) is 64.8. The monoisotopic (exact) mass is 1250 g/mol. The molecule has 0 fully saturated rings. The van der Waals surface area contributed by atoms with Crippen LogP contribution in [0.2, 0.25) is 0 Å². The maximum Gasteiger partial charge on any atom is 0.333 e. The van der Waals surface area contributed by atoms with Crippen molar-refractivity contribution in [2.45, 2.75) is 271 Å². The number of carbonyl (C=O) groups is 11. The Hall–Kier alpha value is -6.09. The number of hydrogen-bond acceptors (Lipinski definition) is 22. The predicted molar refractivity (Wildman–Crippen MR) is 326 cm³/mol. The third-order valence-electron chi connectivity index (χ3n) is 13.5. The van der Waals surface area contributed by atoms with Crippen LogP contribution in [-0.4, -0.2) is 138 Å². The van der Waals surface area contributed by atoms with Gasteiger partial charge in [-0.25, -0.2) is 4.79 Å². The van der Waals surface area contributed by atoms with Crippen molar-refractivity contribution >= 4 is 65.7 Å². The summed E-state index contributed by atoms with van der Waals surface area (Å²) in [4.78, 5) is 131. The smallest absolute Gasteiger partial charge is 0.333 e. The second kappa shape index (κ2) is 61.2. The van der Waals surface area contributed by atoms with E-state index in [2.05, 4.69) is 6.58 Å². The number of esters is 11. The van der Waals surface area contributed by atoms with E-state index in [0.717, 1.165) is 57.8 Å². The van der Waals surface area contributed by atoms with Gasteiger partial charge in [0.25, 0.3) is 0 Å². The summed E-state index contributed by atoms with van der Waals surface area (Å²) >= 11 is 0. The van der Waals surface area contributed by atoms with Crippen molar-refractivity contribution in [2.75, 3.05) is 72.7 Å². The molecule has 0 saturated carbocycles. The molecular weight excluding hydrogens is 1140 g/mol. The molecule has 0 atom stereocenters. The van der Waals surface area contributed by atoms with Crippen molar-refractivity contribution in [1.82, 2.24) is 0 Å². The lowest BCUT2D eigenvalue weighted by molar-refractivity contribution is -0.146. The highest BCUT2D eigenvalue weighted by molar-refractivity contribution is 5.86. The number of rotatable bonds is 62. The molecule has 22 nitrogen and oxygen atoms in total. The highest BCUT2D eigenvalue weighted by Gasteiger charge is 2.12. The lowest BCUT2D eigenvalue weighted by atomic mass is 10.2. The molecule has 0 heterocycles. The minimum atomic E-state index is -0.409. The predicted octanol–water partition coefficient (Wildman–Crippen LogP) is 12.2. The molecule has 0 amide bonds. The molecule has 0 spiro atoms. The Balaban J connectivity index is 3.52. The fraction of sp³-hybridized carbons (Fsp3) is 0.803. The molecule has 0 aromatic rings. The van der Waals surface area contributed by atoms with Gasteiger partial charge >= 0.3 is 65.7 Å². The quantitative estimate of drug-likeness (QED) is 0.0236. The van der Waals surface area contributed by atoms with Crippen LogP contribution in [0, 0.1) is 0 Å². The van der Waals surface area contributed by atoms with Crippen LogP contribution in [-0.2, 0) is 105 Å². The van der Waals surface area contributed by atoms with Crippen LogP contribution in [0.15, 0.2) is 12.2 Å². The molecule has 0 N–H and O–H groups in total. The van der Waals surface area contributed by atoms with E-state index in [4.69, 9.17) is 52.1 Å². The van der Waals surface area contributed by atoms with Crippen molar-refractivity contribution in [3.8, 4) is 0 Å². The Morgan fingerprint density at radius 1 is 0.205 bits per heavy atom. The standard InChI is InChI=1S/C66H110O22/c1-4-78-56(67)35-15-5-25-45-79-57(68)36-16-6-26-46-80-58(69)37-17-7-27-47-81-59(70)38-18-8-28-48-82-60(71)39-19-9-29-49-83-61(72)40-20-10-30-50-84-62(73)41-21-11-31-51-85-63(74)42-22-12-32-52-86-64(75)43-23-13-33-53-87-65(76)44-24-14-34-54-88-66(77)55(2)3/h2,4-54H2,1,3H3. The van der Waals surface area contributed by atoms with Crippen molar-refractivity contribution in [2.24, 2.45) is 0 Å². The molecule has 0 radical (unpaired) electrons. The highest BCUT2D eigenvalue weighted by atomic mass is 16.6. The second-order valence-electron chi connectivity index (χ2n) is 21.8. The van der Waals surface area contributed by atoms with Crippen LogP contribution in [0.3, 0.4) is 0 Å². The van der Waals surface area contributed by atoms with E-state index < -0.39 is 5.97 Å². The van der Waals surface area contributed by atoms with Crippen LogP contribution in [0.1, 0.15) is 271 Å². The van der Waals surface area contributed by atoms with Gasteiger partial charge in [0.1, 0.15) is 0 Å². The SMILES string of the molecule is C=C(C)C(=O)OCCCCCC(=O)OCCCCCC(=O)OCCCCCC(=O)OCCCCCC(=O)OCCCCCC(=O)OCCCCCC(=O)OCCCCCC(=O)OCCCCCC(=O)OCCCCCC(=O)OCCCCCC(=O)OCC. The Labute approximate surface area is 524 Å². The summed E-state index contributed by atoms with van der Waals surface area (Å²) in [5.74, 6) is -3.06. The minimum Gasteiger partial charge on any atom is -0.466 e. The van der Waals surface area contributed by atoms with Gasteiger partial charge in [0.05, 0.1) is 72.7 Å². The molecule has 88 heavy (non-hydrogen) atoms. The maximum absolute atomic E-state index is 12.1. The summed E-state index contributed by atoms with van der Waals surface area (Å²) in [5, 5.41) is 0. The number of carbonyl (C=O) groups excluding carboxylic acids is 11. The van der Waals surface area contributed by atoms with Gasteiger partial charge in [-0.2, -0.15) is 0 Å². The summed E-state index contributed by atoms with van der Waals surface area (Å²) < 4.78 is 57.3. The van der Waals surface area contributed by atoms with Crippen molar-refractivity contribution in [3.05, 3.63) is 12.2 Å². The van der Waals surface area contributed by atoms with Gasteiger partial charge < -0.3 is 52.1 Å². The van der Waals surface area contributed by atoms with Gasteiger partial charge in [0, 0.05) is 69.8 Å². The molecule has 22 heteroatoms. The number of hydrogen-bond donors (Lipinski definition) is 0. The molecule has 0 aliphatic rings. The first kappa shape index (κ1) is 81.9. The first-order chi connectivity index (χ1) is 42.6. The Kier molecular flexibility index (Phi) is 56.9. The van der Waals surface area contributed by atoms with Crippen molar-refractivity contribution < 1.29 is 105 Å². The summed E-state index contributed by atoms with van der Waals surface area (Å²) in [5.41, 5.74) is 0.359. The molecule has 506 valence electrons. The Morgan fingerprint density at radius 2 is 0.341 bits per heavy atom. The first-order valence-corrected chi connectivity index (χ1v) is 33.0. The van der Waals surface area contributed by atoms with E-state index in [0.29, 0.717) is 219 Å². The van der Waals surface area contributed by atoms with Crippen LogP contribution < -0.4 is 0 Å². The first-order valence-electron chi connectivity index (χ1n) is 33.0. The largest absolute Gasteiger partial charge is 0.466 e. The summed E-state index contributed by atoms with van der Waals surface area (Å²) in [6.45, 7) is 10.2. The van der Waals surface area contributed by atoms with E-state index in [-0.39, 0.29) is 118 Å². The number of ether oxygens (including phenoxy) is 11. The van der Waals surface area contributed by atoms with E-state index in [9.17, 15) is 52.7 Å². The highest BCUT2D eigenvalue weighted by Crippen LogP contribution is 2.13. The summed E-state index contributed by atoms with van der Waals surface area (Å²) in [6, 6.07) is 0. The van der Waals surface area contributed by atoms with Crippen LogP contribution in [0.4, 0.5) is 0 Å². The van der Waals surface area contributed by atoms with E-state index in [1.807, 2.05) is 0 Å². The number of unbranched alkanes of at least 4 members (excludes halogenated alkanes) is 20. The lowest BCUT2D eigenvalue weighted by Crippen LogP contribution is -2.09. The molecule has 0 aliphatic carbocycles. The topological polar surface area (TPSA) is 289 Å². The normalized spacial score (nSPS) is 10.8. The van der Waals surface area contributed by atoms with Gasteiger partial charge in [-0.15, -0.1) is 0 Å². The summed E-state index contributed by atoms with van der Waals surface area (Å²) in [6.07, 6.45) is 23.4. The van der Waals surface area contributed by atoms with Gasteiger partial charge in [-0.1, -0.05) is 6.58 Å². The molecule has 0 rings (SSSR count). The Morgan fingerprint density at radius 3 is 0.477 bits per heavy atom. The van der Waals surface area contributed by atoms with Gasteiger partial charge in [0.15, 0.2) is 0 Å². The third kappa shape index (κ3) is 60.2. The molecule has 0 bridgehead atoms. The third-order valence-corrected chi connectivity index (χ3v) is 13.5. The zero-order valence-corrected chi connectivity index (χ0v) is 53.8. The minimum absolute atomic E-state index is 0.205. The second-order valence-corrected chi connectivity index (χ2v) is 21.8. The van der Waals surface area contributed by atoms with Crippen LogP contribution >= 0.6 is 0 Å². The Bertz CT molecular complexity index is 1920. The lowest BCUT2D eigenvalue weighted by Gasteiger charge is -2.07. The van der Waals surface area contributed by atoms with Crippen LogP contribution in [0.5, 0.6) is 0 Å². The molecule has 0 saturated heterocycles. The fourth-order valence-corrected chi connectivity index (χ4v) is 8.33. The molecular formula is C66H110O22. The molecule has 0 unspecified atom stereocenters. The van der Waals surface area contributed by atoms with Crippen LogP contribution in [0.25, 0.3) is 0 Å². The average molecular weight is 1260 g/mol. The summed E-state index contributed by atoms with van der Waals surface area (Å²) in [7, 11) is 0. The van der Waals surface area contributed by atoms with Gasteiger partial charge in [-0.3, -0.25) is 47.9 Å². The molecule has 0 aromatic carbocycles.